The Morgan fingerprint density at radius 1 is 1.29 bits per heavy atom. The molecule has 128 valence electrons. The molecule has 1 N–H and O–H groups in total. The molecule has 5 nitrogen and oxygen atoms in total. The lowest BCUT2D eigenvalue weighted by atomic mass is 10.1. The van der Waals surface area contributed by atoms with Gasteiger partial charge in [-0.15, -0.1) is 12.4 Å². The van der Waals surface area contributed by atoms with Crippen molar-refractivity contribution in [3.05, 3.63) is 36.2 Å². The molecule has 6 heteroatoms. The number of aromatic nitrogens is 1. The molecule has 0 atom stereocenters. The van der Waals surface area contributed by atoms with Gasteiger partial charge in [-0.2, -0.15) is 5.26 Å². The number of aliphatic hydroxyl groups is 1. The molecule has 0 unspecified atom stereocenters. The molecule has 0 bridgehead atoms. The van der Waals surface area contributed by atoms with Crippen molar-refractivity contribution in [3.63, 3.8) is 0 Å². The topological polar surface area (TPSA) is 69.4 Å². The third-order valence-electron chi connectivity index (χ3n) is 4.33. The van der Waals surface area contributed by atoms with E-state index >= 15 is 0 Å². The van der Waals surface area contributed by atoms with Gasteiger partial charge in [0.15, 0.2) is 0 Å². The first kappa shape index (κ1) is 18.5. The van der Waals surface area contributed by atoms with Crippen LogP contribution >= 0.6 is 12.4 Å². The van der Waals surface area contributed by atoms with E-state index in [0.717, 1.165) is 55.4 Å². The van der Waals surface area contributed by atoms with E-state index in [1.165, 1.54) is 0 Å². The van der Waals surface area contributed by atoms with Gasteiger partial charge in [-0.1, -0.05) is 12.1 Å². The van der Waals surface area contributed by atoms with Crippen molar-refractivity contribution >= 4 is 23.2 Å². The van der Waals surface area contributed by atoms with Gasteiger partial charge in [0.05, 0.1) is 5.56 Å². The van der Waals surface area contributed by atoms with E-state index in [4.69, 9.17) is 9.84 Å². The predicted molar refractivity (Wildman–Crippen MR) is 95.5 cm³/mol. The zero-order valence-electron chi connectivity index (χ0n) is 13.5. The van der Waals surface area contributed by atoms with E-state index in [2.05, 4.69) is 16.0 Å². The third kappa shape index (κ3) is 4.15. The molecule has 3 rings (SSSR count). The van der Waals surface area contributed by atoms with Gasteiger partial charge in [0.1, 0.15) is 17.9 Å². The molecule has 0 amide bonds. The maximum absolute atomic E-state index is 9.31. The van der Waals surface area contributed by atoms with Crippen molar-refractivity contribution in [1.29, 1.82) is 5.26 Å². The van der Waals surface area contributed by atoms with E-state index < -0.39 is 0 Å². The Kier molecular flexibility index (Phi) is 6.80. The normalized spacial score (nSPS) is 15.7. The number of halogens is 1. The van der Waals surface area contributed by atoms with Crippen LogP contribution in [0.25, 0.3) is 10.8 Å². The van der Waals surface area contributed by atoms with Gasteiger partial charge in [-0.05, 0) is 25.3 Å². The van der Waals surface area contributed by atoms with Crippen LogP contribution in [-0.4, -0.2) is 47.3 Å². The van der Waals surface area contributed by atoms with E-state index in [1.807, 2.05) is 18.2 Å². The molecular weight excluding hydrogens is 326 g/mol. The van der Waals surface area contributed by atoms with Crippen molar-refractivity contribution < 1.29 is 9.84 Å². The number of rotatable bonds is 5. The Hall–Kier alpha value is -1.87. The quantitative estimate of drug-likeness (QED) is 0.900. The highest BCUT2D eigenvalue weighted by Gasteiger charge is 2.21. The first-order valence-electron chi connectivity index (χ1n) is 8.08. The molecule has 1 aromatic carbocycles. The second-order valence-electron chi connectivity index (χ2n) is 5.89. The molecule has 0 saturated carbocycles. The molecule has 1 aliphatic rings. The molecule has 1 fully saturated rings. The standard InChI is InChI=1S/C18H21N3O2.ClH/c19-11-15-13-20-12-14-3-1-4-17(18(14)15)23-16-5-8-21(9-6-16)7-2-10-22;/h1,3-4,12-13,16,22H,2,5-10H2;1H. The molecule has 0 radical (unpaired) electrons. The average molecular weight is 348 g/mol. The molecule has 0 spiro atoms. The number of piperidine rings is 1. The van der Waals surface area contributed by atoms with Crippen LogP contribution in [0.4, 0.5) is 0 Å². The van der Waals surface area contributed by atoms with Crippen molar-refractivity contribution in [2.75, 3.05) is 26.2 Å². The number of fused-ring (bicyclic) bond motifs is 1. The summed E-state index contributed by atoms with van der Waals surface area (Å²) in [6.45, 7) is 3.17. The number of ether oxygens (including phenoxy) is 1. The Morgan fingerprint density at radius 2 is 2.08 bits per heavy atom. The zero-order chi connectivity index (χ0) is 16.1. The van der Waals surface area contributed by atoms with Crippen molar-refractivity contribution in [2.24, 2.45) is 0 Å². The summed E-state index contributed by atoms with van der Waals surface area (Å²) < 4.78 is 6.21. The van der Waals surface area contributed by atoms with Gasteiger partial charge in [-0.25, -0.2) is 0 Å². The van der Waals surface area contributed by atoms with Gasteiger partial charge in [0, 0.05) is 49.4 Å². The van der Waals surface area contributed by atoms with Crippen LogP contribution in [0.1, 0.15) is 24.8 Å². The largest absolute Gasteiger partial charge is 0.490 e. The molecule has 1 aliphatic heterocycles. The number of nitriles is 1. The van der Waals surface area contributed by atoms with Crippen LogP contribution in [0.5, 0.6) is 5.75 Å². The Bertz CT molecular complexity index is 704. The molecule has 1 saturated heterocycles. The second kappa shape index (κ2) is 8.84. The molecule has 0 aliphatic carbocycles. The lowest BCUT2D eigenvalue weighted by Crippen LogP contribution is -2.38. The van der Waals surface area contributed by atoms with Crippen LogP contribution < -0.4 is 4.74 Å². The number of hydrogen-bond acceptors (Lipinski definition) is 5. The summed E-state index contributed by atoms with van der Waals surface area (Å²) in [5.74, 6) is 0.773. The Labute approximate surface area is 148 Å². The molecule has 1 aromatic heterocycles. The van der Waals surface area contributed by atoms with E-state index in [1.54, 1.807) is 12.4 Å². The van der Waals surface area contributed by atoms with Crippen molar-refractivity contribution in [1.82, 2.24) is 9.88 Å². The third-order valence-corrected chi connectivity index (χ3v) is 4.33. The number of pyridine rings is 1. The van der Waals surface area contributed by atoms with Crippen LogP contribution in [-0.2, 0) is 0 Å². The minimum atomic E-state index is 0. The van der Waals surface area contributed by atoms with E-state index in [-0.39, 0.29) is 25.1 Å². The second-order valence-corrected chi connectivity index (χ2v) is 5.89. The summed E-state index contributed by atoms with van der Waals surface area (Å²) >= 11 is 0. The summed E-state index contributed by atoms with van der Waals surface area (Å²) in [6, 6.07) is 8.03. The monoisotopic (exact) mass is 347 g/mol. The Morgan fingerprint density at radius 3 is 2.79 bits per heavy atom. The molecule has 2 aromatic rings. The highest BCUT2D eigenvalue weighted by atomic mass is 35.5. The van der Waals surface area contributed by atoms with Gasteiger partial charge < -0.3 is 14.7 Å². The summed E-state index contributed by atoms with van der Waals surface area (Å²) in [7, 11) is 0. The Balaban J connectivity index is 0.00000208. The van der Waals surface area contributed by atoms with Gasteiger partial charge >= 0.3 is 0 Å². The average Bonchev–Trinajstić information content (AvgIpc) is 2.61. The number of likely N-dealkylation sites (tertiary alicyclic amines) is 1. The molecule has 24 heavy (non-hydrogen) atoms. The lowest BCUT2D eigenvalue weighted by Gasteiger charge is -2.32. The number of nitrogens with zero attached hydrogens (tertiary/aromatic N) is 3. The SMILES string of the molecule is Cl.N#Cc1cncc2cccc(OC3CCN(CCCO)CC3)c12. The summed E-state index contributed by atoms with van der Waals surface area (Å²) in [5, 5.41) is 20.0. The number of hydrogen-bond donors (Lipinski definition) is 1. The zero-order valence-corrected chi connectivity index (χ0v) is 14.3. The minimum Gasteiger partial charge on any atom is -0.490 e. The highest BCUT2D eigenvalue weighted by molar-refractivity contribution is 5.92. The number of aliphatic hydroxyl groups excluding tert-OH is 1. The van der Waals surface area contributed by atoms with Crippen molar-refractivity contribution in [3.8, 4) is 11.8 Å². The van der Waals surface area contributed by atoms with Gasteiger partial charge in [-0.3, -0.25) is 4.98 Å². The first-order chi connectivity index (χ1) is 11.3. The number of benzene rings is 1. The van der Waals surface area contributed by atoms with E-state index in [9.17, 15) is 5.26 Å². The fraction of sp³-hybridized carbons (Fsp3) is 0.444. The van der Waals surface area contributed by atoms with E-state index in [0.29, 0.717) is 5.56 Å². The van der Waals surface area contributed by atoms with Crippen LogP contribution in [0.15, 0.2) is 30.6 Å². The summed E-state index contributed by atoms with van der Waals surface area (Å²) in [5.41, 5.74) is 0.554. The highest BCUT2D eigenvalue weighted by Crippen LogP contribution is 2.30. The summed E-state index contributed by atoms with van der Waals surface area (Å²) in [4.78, 5) is 6.47. The minimum absolute atomic E-state index is 0. The fourth-order valence-electron chi connectivity index (χ4n) is 3.11. The predicted octanol–water partition coefficient (Wildman–Crippen LogP) is 2.75. The van der Waals surface area contributed by atoms with Crippen LogP contribution in [0, 0.1) is 11.3 Å². The van der Waals surface area contributed by atoms with Crippen LogP contribution in [0.2, 0.25) is 0 Å². The van der Waals surface area contributed by atoms with Crippen LogP contribution in [0.3, 0.4) is 0 Å². The summed E-state index contributed by atoms with van der Waals surface area (Å²) in [6.07, 6.45) is 6.29. The maximum Gasteiger partial charge on any atom is 0.128 e. The molecule has 2 heterocycles. The first-order valence-corrected chi connectivity index (χ1v) is 8.08. The molecular formula is C18H22ClN3O2. The maximum atomic E-state index is 9.31. The van der Waals surface area contributed by atoms with Gasteiger partial charge in [0.25, 0.3) is 0 Å². The lowest BCUT2D eigenvalue weighted by molar-refractivity contribution is 0.0975. The fourth-order valence-corrected chi connectivity index (χ4v) is 3.11. The van der Waals surface area contributed by atoms with Gasteiger partial charge in [0.2, 0.25) is 0 Å². The van der Waals surface area contributed by atoms with Crippen molar-refractivity contribution in [2.45, 2.75) is 25.4 Å². The smallest absolute Gasteiger partial charge is 0.128 e.